The highest BCUT2D eigenvalue weighted by Crippen LogP contribution is 2.20. The van der Waals surface area contributed by atoms with Gasteiger partial charge in [-0.15, -0.1) is 0 Å². The van der Waals surface area contributed by atoms with Crippen LogP contribution in [0, 0.1) is 0 Å². The van der Waals surface area contributed by atoms with Crippen LogP contribution in [0.5, 0.6) is 5.75 Å². The molecule has 0 amide bonds. The van der Waals surface area contributed by atoms with E-state index >= 15 is 0 Å². The zero-order valence-electron chi connectivity index (χ0n) is 11.5. The van der Waals surface area contributed by atoms with Crippen molar-refractivity contribution >= 4 is 11.0 Å². The topological polar surface area (TPSA) is 37.9 Å². The van der Waals surface area contributed by atoms with Crippen molar-refractivity contribution < 1.29 is 4.74 Å². The molecule has 3 nitrogen and oxygen atoms in total. The number of hydrogen-bond donors (Lipinski definition) is 1. The number of fused-ring (bicyclic) bond motifs is 1. The van der Waals surface area contributed by atoms with Gasteiger partial charge in [0.1, 0.15) is 11.6 Å². The number of aromatic nitrogens is 2. The summed E-state index contributed by atoms with van der Waals surface area (Å²) in [7, 11) is 0. The Bertz CT molecular complexity index is 643. The zero-order chi connectivity index (χ0) is 13.8. The van der Waals surface area contributed by atoms with Crippen molar-refractivity contribution in [3.05, 3.63) is 60.4 Å². The van der Waals surface area contributed by atoms with Gasteiger partial charge in [0.25, 0.3) is 0 Å². The third-order valence-electron chi connectivity index (χ3n) is 3.44. The molecular weight excluding hydrogens is 248 g/mol. The largest absolute Gasteiger partial charge is 0.494 e. The summed E-state index contributed by atoms with van der Waals surface area (Å²) in [5.41, 5.74) is 2.12. The molecule has 102 valence electrons. The summed E-state index contributed by atoms with van der Waals surface area (Å²) in [6.45, 7) is 2.87. The second-order valence-electron chi connectivity index (χ2n) is 4.99. The van der Waals surface area contributed by atoms with E-state index in [1.54, 1.807) is 0 Å². The standard InChI is InChI=1S/C17H18N2O/c1-13(11-12-20-14-7-3-2-4-8-14)17-18-15-9-5-6-10-16(15)19-17/h2-10,13H,11-12H2,1H3,(H,18,19). The first-order chi connectivity index (χ1) is 9.83. The van der Waals surface area contributed by atoms with Gasteiger partial charge in [0.05, 0.1) is 17.6 Å². The van der Waals surface area contributed by atoms with Crippen LogP contribution in [0.25, 0.3) is 11.0 Å². The highest BCUT2D eigenvalue weighted by Gasteiger charge is 2.10. The third kappa shape index (κ3) is 2.82. The van der Waals surface area contributed by atoms with E-state index in [9.17, 15) is 0 Å². The van der Waals surface area contributed by atoms with E-state index < -0.39 is 0 Å². The highest BCUT2D eigenvalue weighted by molar-refractivity contribution is 5.74. The Kier molecular flexibility index (Phi) is 3.68. The fourth-order valence-corrected chi connectivity index (χ4v) is 2.21. The molecule has 0 aliphatic carbocycles. The quantitative estimate of drug-likeness (QED) is 0.753. The van der Waals surface area contributed by atoms with Crippen LogP contribution in [0.1, 0.15) is 25.1 Å². The van der Waals surface area contributed by atoms with E-state index in [-0.39, 0.29) is 0 Å². The molecule has 0 aliphatic heterocycles. The van der Waals surface area contributed by atoms with E-state index in [0.29, 0.717) is 12.5 Å². The van der Waals surface area contributed by atoms with Crippen LogP contribution in [-0.2, 0) is 0 Å². The number of rotatable bonds is 5. The Balaban J connectivity index is 1.60. The number of ether oxygens (including phenoxy) is 1. The van der Waals surface area contributed by atoms with Gasteiger partial charge in [-0.3, -0.25) is 0 Å². The summed E-state index contributed by atoms with van der Waals surface area (Å²) in [6.07, 6.45) is 0.939. The van der Waals surface area contributed by atoms with E-state index in [1.165, 1.54) is 0 Å². The van der Waals surface area contributed by atoms with Crippen LogP contribution in [0.2, 0.25) is 0 Å². The summed E-state index contributed by atoms with van der Waals surface area (Å²) < 4.78 is 5.73. The molecule has 1 atom stereocenters. The van der Waals surface area contributed by atoms with Gasteiger partial charge in [0.2, 0.25) is 0 Å². The summed E-state index contributed by atoms with van der Waals surface area (Å²) >= 11 is 0. The average Bonchev–Trinajstić information content (AvgIpc) is 2.92. The second-order valence-corrected chi connectivity index (χ2v) is 4.99. The molecule has 0 radical (unpaired) electrons. The average molecular weight is 266 g/mol. The molecule has 3 heteroatoms. The number of imidazole rings is 1. The summed E-state index contributed by atoms with van der Waals surface area (Å²) in [6, 6.07) is 18.0. The zero-order valence-corrected chi connectivity index (χ0v) is 11.5. The molecule has 0 spiro atoms. The van der Waals surface area contributed by atoms with Crippen LogP contribution in [0.4, 0.5) is 0 Å². The molecule has 20 heavy (non-hydrogen) atoms. The molecule has 3 aromatic rings. The molecule has 1 unspecified atom stereocenters. The first kappa shape index (κ1) is 12.7. The van der Waals surface area contributed by atoms with Gasteiger partial charge in [0.15, 0.2) is 0 Å². The first-order valence-corrected chi connectivity index (χ1v) is 6.95. The lowest BCUT2D eigenvalue weighted by molar-refractivity contribution is 0.299. The van der Waals surface area contributed by atoms with Gasteiger partial charge in [-0.05, 0) is 30.7 Å². The lowest BCUT2D eigenvalue weighted by Gasteiger charge is -2.10. The van der Waals surface area contributed by atoms with Crippen LogP contribution in [0.3, 0.4) is 0 Å². The van der Waals surface area contributed by atoms with E-state index in [4.69, 9.17) is 4.74 Å². The molecule has 0 saturated heterocycles. The van der Waals surface area contributed by atoms with Crippen molar-refractivity contribution in [2.75, 3.05) is 6.61 Å². The summed E-state index contributed by atoms with van der Waals surface area (Å²) in [5.74, 6) is 2.30. The van der Waals surface area contributed by atoms with Crippen molar-refractivity contribution in [1.82, 2.24) is 9.97 Å². The van der Waals surface area contributed by atoms with E-state index in [2.05, 4.69) is 23.0 Å². The Morgan fingerprint density at radius 3 is 2.60 bits per heavy atom. The molecule has 1 N–H and O–H groups in total. The molecule has 1 heterocycles. The Labute approximate surface area is 118 Å². The number of nitrogens with one attached hydrogen (secondary N) is 1. The molecule has 0 bridgehead atoms. The maximum Gasteiger partial charge on any atom is 0.119 e. The summed E-state index contributed by atoms with van der Waals surface area (Å²) in [5, 5.41) is 0. The van der Waals surface area contributed by atoms with Crippen molar-refractivity contribution in [2.24, 2.45) is 0 Å². The fourth-order valence-electron chi connectivity index (χ4n) is 2.21. The predicted octanol–water partition coefficient (Wildman–Crippen LogP) is 4.14. The van der Waals surface area contributed by atoms with Crippen molar-refractivity contribution in [3.63, 3.8) is 0 Å². The predicted molar refractivity (Wildman–Crippen MR) is 81.1 cm³/mol. The van der Waals surface area contributed by atoms with Crippen LogP contribution in [-0.4, -0.2) is 16.6 Å². The van der Waals surface area contributed by atoms with Gasteiger partial charge in [-0.1, -0.05) is 37.3 Å². The minimum absolute atomic E-state index is 0.353. The lowest BCUT2D eigenvalue weighted by atomic mass is 10.1. The number of aromatic amines is 1. The molecule has 0 aliphatic rings. The normalized spacial score (nSPS) is 12.4. The monoisotopic (exact) mass is 266 g/mol. The smallest absolute Gasteiger partial charge is 0.119 e. The van der Waals surface area contributed by atoms with Gasteiger partial charge < -0.3 is 9.72 Å². The SMILES string of the molecule is CC(CCOc1ccccc1)c1nc2ccccc2[nH]1. The molecule has 0 saturated carbocycles. The maximum absolute atomic E-state index is 5.73. The number of para-hydroxylation sites is 3. The Morgan fingerprint density at radius 2 is 1.80 bits per heavy atom. The maximum atomic E-state index is 5.73. The molecule has 1 aromatic heterocycles. The molecule has 0 fully saturated rings. The van der Waals surface area contributed by atoms with Crippen molar-refractivity contribution in [3.8, 4) is 5.75 Å². The molecular formula is C17H18N2O. The number of nitrogens with zero attached hydrogens (tertiary/aromatic N) is 1. The highest BCUT2D eigenvalue weighted by atomic mass is 16.5. The van der Waals surface area contributed by atoms with Gasteiger partial charge in [-0.2, -0.15) is 0 Å². The van der Waals surface area contributed by atoms with Crippen LogP contribution < -0.4 is 4.74 Å². The second kappa shape index (κ2) is 5.78. The minimum atomic E-state index is 0.353. The first-order valence-electron chi connectivity index (χ1n) is 6.95. The number of benzene rings is 2. The molecule has 3 rings (SSSR count). The number of hydrogen-bond acceptors (Lipinski definition) is 2. The van der Waals surface area contributed by atoms with Crippen LogP contribution in [0.15, 0.2) is 54.6 Å². The van der Waals surface area contributed by atoms with E-state index in [1.807, 2.05) is 48.5 Å². The van der Waals surface area contributed by atoms with Crippen molar-refractivity contribution in [1.29, 1.82) is 0 Å². The van der Waals surface area contributed by atoms with E-state index in [0.717, 1.165) is 29.0 Å². The summed E-state index contributed by atoms with van der Waals surface area (Å²) in [4.78, 5) is 8.00. The lowest BCUT2D eigenvalue weighted by Crippen LogP contribution is -2.04. The van der Waals surface area contributed by atoms with Crippen molar-refractivity contribution in [2.45, 2.75) is 19.3 Å². The van der Waals surface area contributed by atoms with Gasteiger partial charge >= 0.3 is 0 Å². The third-order valence-corrected chi connectivity index (χ3v) is 3.44. The fraction of sp³-hybridized carbons (Fsp3) is 0.235. The molecule has 2 aromatic carbocycles. The van der Waals surface area contributed by atoms with Gasteiger partial charge in [-0.25, -0.2) is 4.98 Å². The van der Waals surface area contributed by atoms with Crippen LogP contribution >= 0.6 is 0 Å². The Hall–Kier alpha value is -2.29. The van der Waals surface area contributed by atoms with Gasteiger partial charge in [0, 0.05) is 5.92 Å². The number of H-pyrrole nitrogens is 1. The Morgan fingerprint density at radius 1 is 1.05 bits per heavy atom. The minimum Gasteiger partial charge on any atom is -0.494 e.